The Balaban J connectivity index is 1.43. The van der Waals surface area contributed by atoms with Gasteiger partial charge in [-0.15, -0.1) is 0 Å². The van der Waals surface area contributed by atoms with E-state index in [1.54, 1.807) is 30.1 Å². The average Bonchev–Trinajstić information content (AvgIpc) is 3.63. The second kappa shape index (κ2) is 11.7. The highest BCUT2D eigenvalue weighted by Crippen LogP contribution is 2.36. The van der Waals surface area contributed by atoms with Crippen molar-refractivity contribution in [1.82, 2.24) is 23.4 Å². The lowest BCUT2D eigenvalue weighted by Gasteiger charge is -2.40. The van der Waals surface area contributed by atoms with E-state index < -0.39 is 25.9 Å². The number of nitrogens with zero attached hydrogens (tertiary/aromatic N) is 6. The number of aryl methyl sites for hydroxylation is 2. The van der Waals surface area contributed by atoms with E-state index in [1.165, 1.54) is 29.0 Å². The minimum Gasteiger partial charge on any atom is -0.364 e. The van der Waals surface area contributed by atoms with Crippen molar-refractivity contribution in [3.63, 3.8) is 0 Å². The van der Waals surface area contributed by atoms with Crippen LogP contribution < -0.4 is 4.90 Å². The van der Waals surface area contributed by atoms with Crippen LogP contribution in [-0.2, 0) is 53.5 Å². The van der Waals surface area contributed by atoms with Crippen LogP contribution in [0.1, 0.15) is 16.8 Å². The fourth-order valence-electron chi connectivity index (χ4n) is 5.70. The van der Waals surface area contributed by atoms with Crippen LogP contribution in [0.4, 0.5) is 5.69 Å². The molecule has 44 heavy (non-hydrogen) atoms. The molecule has 0 amide bonds. The van der Waals surface area contributed by atoms with Crippen molar-refractivity contribution in [3.8, 4) is 11.1 Å². The number of sulfonamides is 1. The van der Waals surface area contributed by atoms with Gasteiger partial charge in [-0.3, -0.25) is 0 Å². The predicted octanol–water partition coefficient (Wildman–Crippen LogP) is 4.05. The van der Waals surface area contributed by atoms with Crippen molar-refractivity contribution >= 4 is 25.5 Å². The Morgan fingerprint density at radius 1 is 0.841 bits per heavy atom. The normalized spacial score (nSPS) is 15.5. The number of anilines is 1. The van der Waals surface area contributed by atoms with E-state index in [0.29, 0.717) is 25.1 Å². The largest absolute Gasteiger partial charge is 0.364 e. The van der Waals surface area contributed by atoms with Gasteiger partial charge in [-0.1, -0.05) is 48.5 Å². The summed E-state index contributed by atoms with van der Waals surface area (Å²) in [6, 6.07) is 22.4. The zero-order chi connectivity index (χ0) is 31.1. The van der Waals surface area contributed by atoms with Crippen LogP contribution in [0.2, 0.25) is 0 Å². The van der Waals surface area contributed by atoms with Gasteiger partial charge in [0.25, 0.3) is 10.0 Å². The van der Waals surface area contributed by atoms with Gasteiger partial charge in [-0.25, -0.2) is 26.8 Å². The SMILES string of the molecule is Cn1cnc(CN2CC(N(Cc3ccc(S(C)(=O)=O)cc3)S(=O)(=O)c3cn(C)cn3)Cc3cc(-c4ccccc4)ccc32)c1. The van der Waals surface area contributed by atoms with Gasteiger partial charge in [-0.05, 0) is 52.9 Å². The summed E-state index contributed by atoms with van der Waals surface area (Å²) in [6.45, 7) is 0.996. The van der Waals surface area contributed by atoms with Gasteiger partial charge in [0, 0.05) is 57.6 Å². The molecule has 1 aliphatic heterocycles. The van der Waals surface area contributed by atoms with E-state index in [9.17, 15) is 16.8 Å². The number of fused-ring (bicyclic) bond motifs is 1. The number of imidazole rings is 2. The fourth-order valence-corrected chi connectivity index (χ4v) is 7.90. The van der Waals surface area contributed by atoms with Crippen LogP contribution in [0.25, 0.3) is 11.1 Å². The molecule has 0 fully saturated rings. The monoisotopic (exact) mass is 630 g/mol. The zero-order valence-electron chi connectivity index (χ0n) is 24.8. The lowest BCUT2D eigenvalue weighted by Crippen LogP contribution is -2.50. The Hall–Kier alpha value is -4.26. The molecule has 6 rings (SSSR count). The van der Waals surface area contributed by atoms with Crippen molar-refractivity contribution in [2.24, 2.45) is 14.1 Å². The third-order valence-corrected chi connectivity index (χ3v) is 10.8. The maximum atomic E-state index is 14.3. The molecular formula is C32H34N6O4S2. The number of rotatable bonds is 9. The third kappa shape index (κ3) is 6.19. The van der Waals surface area contributed by atoms with Crippen molar-refractivity contribution < 1.29 is 16.8 Å². The number of sulfone groups is 1. The Kier molecular flexibility index (Phi) is 7.91. The first-order chi connectivity index (χ1) is 21.0. The van der Waals surface area contributed by atoms with Crippen molar-refractivity contribution in [3.05, 3.63) is 115 Å². The highest BCUT2D eigenvalue weighted by Gasteiger charge is 2.37. The molecule has 1 unspecified atom stereocenters. The molecule has 0 spiro atoms. The summed E-state index contributed by atoms with van der Waals surface area (Å²) in [7, 11) is -3.77. The highest BCUT2D eigenvalue weighted by molar-refractivity contribution is 7.90. The Morgan fingerprint density at radius 3 is 2.18 bits per heavy atom. The van der Waals surface area contributed by atoms with Crippen LogP contribution >= 0.6 is 0 Å². The summed E-state index contributed by atoms with van der Waals surface area (Å²) in [5, 5.41) is -0.0344. The van der Waals surface area contributed by atoms with E-state index in [4.69, 9.17) is 0 Å². The molecule has 1 aliphatic rings. The standard InChI is InChI=1S/C32H34N6O4S2/c1-35-18-28(33-22-35)19-37-20-29(16-27-15-26(11-14-31(27)37)25-7-5-4-6-8-25)38(44(41,42)32-21-36(2)23-34-32)17-24-9-12-30(13-10-24)43(3,39)40/h4-15,18,21-23,29H,16-17,19-20H2,1-3H3. The first kappa shape index (κ1) is 29.8. The second-order valence-electron chi connectivity index (χ2n) is 11.3. The lowest BCUT2D eigenvalue weighted by molar-refractivity contribution is 0.302. The van der Waals surface area contributed by atoms with Crippen molar-refractivity contribution in [1.29, 1.82) is 0 Å². The van der Waals surface area contributed by atoms with Gasteiger partial charge >= 0.3 is 0 Å². The quantitative estimate of drug-likeness (QED) is 0.242. The van der Waals surface area contributed by atoms with E-state index >= 15 is 0 Å². The molecule has 0 N–H and O–H groups in total. The molecule has 5 aromatic rings. The number of aromatic nitrogens is 4. The second-order valence-corrected chi connectivity index (χ2v) is 15.2. The number of hydrogen-bond donors (Lipinski definition) is 0. The van der Waals surface area contributed by atoms with Crippen LogP contribution in [-0.4, -0.2) is 59.1 Å². The molecule has 2 aromatic heterocycles. The maximum Gasteiger partial charge on any atom is 0.262 e. The smallest absolute Gasteiger partial charge is 0.262 e. The van der Waals surface area contributed by atoms with Crippen LogP contribution in [0.5, 0.6) is 0 Å². The molecule has 0 radical (unpaired) electrons. The van der Waals surface area contributed by atoms with Gasteiger partial charge in [0.1, 0.15) is 0 Å². The lowest BCUT2D eigenvalue weighted by atomic mass is 9.93. The Morgan fingerprint density at radius 2 is 1.55 bits per heavy atom. The Bertz CT molecular complexity index is 2000. The molecule has 0 aliphatic carbocycles. The summed E-state index contributed by atoms with van der Waals surface area (Å²) in [5.41, 5.74) is 5.76. The molecule has 0 bridgehead atoms. The summed E-state index contributed by atoms with van der Waals surface area (Å²) >= 11 is 0. The van der Waals surface area contributed by atoms with Crippen molar-refractivity contribution in [2.45, 2.75) is 35.5 Å². The van der Waals surface area contributed by atoms with Gasteiger partial charge < -0.3 is 14.0 Å². The van der Waals surface area contributed by atoms with Gasteiger partial charge in [0.2, 0.25) is 0 Å². The zero-order valence-corrected chi connectivity index (χ0v) is 26.4. The summed E-state index contributed by atoms with van der Waals surface area (Å²) < 4.78 is 57.7. The summed E-state index contributed by atoms with van der Waals surface area (Å²) in [4.78, 5) is 11.1. The highest BCUT2D eigenvalue weighted by atomic mass is 32.2. The summed E-state index contributed by atoms with van der Waals surface area (Å²) in [5.74, 6) is 0. The molecule has 3 heterocycles. The molecular weight excluding hydrogens is 597 g/mol. The van der Waals surface area contributed by atoms with Crippen LogP contribution in [0, 0.1) is 0 Å². The molecule has 0 saturated heterocycles. The van der Waals surface area contributed by atoms with E-state index in [2.05, 4.69) is 45.2 Å². The topological polar surface area (TPSA) is 110 Å². The first-order valence-electron chi connectivity index (χ1n) is 14.2. The number of benzene rings is 3. The van der Waals surface area contributed by atoms with Crippen molar-refractivity contribution in [2.75, 3.05) is 17.7 Å². The van der Waals surface area contributed by atoms with Gasteiger partial charge in [0.05, 0.1) is 29.8 Å². The summed E-state index contributed by atoms with van der Waals surface area (Å²) in [6.07, 6.45) is 8.34. The van der Waals surface area contributed by atoms with E-state index in [1.807, 2.05) is 36.0 Å². The van der Waals surface area contributed by atoms with Crippen LogP contribution in [0.15, 0.2) is 108 Å². The predicted molar refractivity (Wildman–Crippen MR) is 169 cm³/mol. The minimum absolute atomic E-state index is 0.0344. The molecule has 12 heteroatoms. The molecule has 1 atom stereocenters. The van der Waals surface area contributed by atoms with Crippen LogP contribution in [0.3, 0.4) is 0 Å². The maximum absolute atomic E-state index is 14.3. The molecule has 10 nitrogen and oxygen atoms in total. The number of hydrogen-bond acceptors (Lipinski definition) is 7. The Labute approximate surface area is 258 Å². The molecule has 228 valence electrons. The van der Waals surface area contributed by atoms with Gasteiger partial charge in [-0.2, -0.15) is 4.31 Å². The van der Waals surface area contributed by atoms with Gasteiger partial charge in [0.15, 0.2) is 14.9 Å². The molecule has 3 aromatic carbocycles. The van der Waals surface area contributed by atoms with E-state index in [-0.39, 0.29) is 16.5 Å². The average molecular weight is 631 g/mol. The molecule has 0 saturated carbocycles. The van der Waals surface area contributed by atoms with E-state index in [0.717, 1.165) is 34.3 Å². The fraction of sp³-hybridized carbons (Fsp3) is 0.250. The third-order valence-electron chi connectivity index (χ3n) is 7.88. The minimum atomic E-state index is -4.04. The first-order valence-corrected chi connectivity index (χ1v) is 17.5.